The molecular formula is C17H18Cl2N2O2. The number of ether oxygens (including phenoxy) is 1. The third-order valence-electron chi connectivity index (χ3n) is 3.14. The van der Waals surface area contributed by atoms with Gasteiger partial charge in [0.1, 0.15) is 11.8 Å². The van der Waals surface area contributed by atoms with Gasteiger partial charge in [-0.2, -0.15) is 0 Å². The molecule has 0 aromatic heterocycles. The van der Waals surface area contributed by atoms with Crippen molar-refractivity contribution >= 4 is 40.5 Å². The predicted molar refractivity (Wildman–Crippen MR) is 95.8 cm³/mol. The van der Waals surface area contributed by atoms with E-state index in [1.165, 1.54) is 0 Å². The summed E-state index contributed by atoms with van der Waals surface area (Å²) in [6, 6.07) is 11.9. The van der Waals surface area contributed by atoms with E-state index in [9.17, 15) is 4.79 Å². The fraction of sp³-hybridized carbons (Fsp3) is 0.235. The maximum Gasteiger partial charge on any atom is 0.246 e. The lowest BCUT2D eigenvalue weighted by Crippen LogP contribution is -2.32. The van der Waals surface area contributed by atoms with E-state index in [0.29, 0.717) is 28.1 Å². The van der Waals surface area contributed by atoms with Crippen LogP contribution in [0.25, 0.3) is 0 Å². The molecule has 2 rings (SSSR count). The van der Waals surface area contributed by atoms with Gasteiger partial charge in [-0.25, -0.2) is 0 Å². The first-order valence-corrected chi connectivity index (χ1v) is 8.01. The maximum atomic E-state index is 12.3. The molecule has 6 heteroatoms. The number of halogens is 2. The van der Waals surface area contributed by atoms with Crippen molar-refractivity contribution in [1.82, 2.24) is 0 Å². The molecule has 1 amide bonds. The largest absolute Gasteiger partial charge is 0.492 e. The van der Waals surface area contributed by atoms with Gasteiger partial charge in [-0.1, -0.05) is 35.3 Å². The standard InChI is InChI=1S/C17H18Cl2N2O2/c1-3-23-16-7-5-4-6-14(16)20-11(2)17(22)21-15-10-12(18)8-9-13(15)19/h4-11,20H,3H2,1-2H3,(H,21,22)/t11-/m0/s1. The van der Waals surface area contributed by atoms with Gasteiger partial charge in [0.05, 0.1) is 23.0 Å². The molecule has 2 aromatic rings. The first-order chi connectivity index (χ1) is 11.0. The smallest absolute Gasteiger partial charge is 0.246 e. The number of rotatable bonds is 6. The van der Waals surface area contributed by atoms with E-state index in [0.717, 1.165) is 5.69 Å². The van der Waals surface area contributed by atoms with Crippen LogP contribution in [0.15, 0.2) is 42.5 Å². The highest BCUT2D eigenvalue weighted by atomic mass is 35.5. The first-order valence-electron chi connectivity index (χ1n) is 7.25. The number of amides is 1. The van der Waals surface area contributed by atoms with Crippen LogP contribution in [-0.4, -0.2) is 18.6 Å². The molecule has 0 aliphatic carbocycles. The third-order valence-corrected chi connectivity index (χ3v) is 3.70. The van der Waals surface area contributed by atoms with Crippen LogP contribution in [0.2, 0.25) is 10.0 Å². The lowest BCUT2D eigenvalue weighted by Gasteiger charge is -2.18. The first kappa shape index (κ1) is 17.4. The number of nitrogens with one attached hydrogen (secondary N) is 2. The fourth-order valence-corrected chi connectivity index (χ4v) is 2.34. The van der Waals surface area contributed by atoms with E-state index < -0.39 is 6.04 Å². The number of para-hydroxylation sites is 2. The van der Waals surface area contributed by atoms with Gasteiger partial charge in [0, 0.05) is 5.02 Å². The molecule has 1 atom stereocenters. The Bertz CT molecular complexity index is 692. The van der Waals surface area contributed by atoms with Gasteiger partial charge >= 0.3 is 0 Å². The summed E-state index contributed by atoms with van der Waals surface area (Å²) in [4.78, 5) is 12.3. The van der Waals surface area contributed by atoms with Crippen LogP contribution in [0.1, 0.15) is 13.8 Å². The number of carbonyl (C=O) groups excluding carboxylic acids is 1. The number of hydrogen-bond donors (Lipinski definition) is 2. The van der Waals surface area contributed by atoms with Crippen molar-refractivity contribution in [2.45, 2.75) is 19.9 Å². The van der Waals surface area contributed by atoms with E-state index in [1.54, 1.807) is 25.1 Å². The molecule has 23 heavy (non-hydrogen) atoms. The SMILES string of the molecule is CCOc1ccccc1N[C@@H](C)C(=O)Nc1cc(Cl)ccc1Cl. The number of carbonyl (C=O) groups is 1. The monoisotopic (exact) mass is 352 g/mol. The fourth-order valence-electron chi connectivity index (χ4n) is 2.00. The molecule has 0 saturated heterocycles. The topological polar surface area (TPSA) is 50.4 Å². The summed E-state index contributed by atoms with van der Waals surface area (Å²) in [6.45, 7) is 4.22. The highest BCUT2D eigenvalue weighted by Gasteiger charge is 2.16. The highest BCUT2D eigenvalue weighted by molar-refractivity contribution is 6.35. The molecule has 0 radical (unpaired) electrons. The molecule has 0 aliphatic rings. The second-order valence-electron chi connectivity index (χ2n) is 4.91. The maximum absolute atomic E-state index is 12.3. The zero-order valence-corrected chi connectivity index (χ0v) is 14.4. The number of anilines is 2. The molecule has 0 heterocycles. The van der Waals surface area contributed by atoms with Crippen LogP contribution in [-0.2, 0) is 4.79 Å². The van der Waals surface area contributed by atoms with Gasteiger partial charge in [0.2, 0.25) is 5.91 Å². The van der Waals surface area contributed by atoms with Crippen LogP contribution in [0.3, 0.4) is 0 Å². The Balaban J connectivity index is 2.07. The van der Waals surface area contributed by atoms with Crippen molar-refractivity contribution in [3.05, 3.63) is 52.5 Å². The third kappa shape index (κ3) is 4.78. The van der Waals surface area contributed by atoms with Gasteiger partial charge in [-0.05, 0) is 44.2 Å². The zero-order valence-electron chi connectivity index (χ0n) is 12.9. The minimum atomic E-state index is -0.480. The van der Waals surface area contributed by atoms with Crippen molar-refractivity contribution < 1.29 is 9.53 Å². The summed E-state index contributed by atoms with van der Waals surface area (Å²) in [5.41, 5.74) is 1.24. The normalized spacial score (nSPS) is 11.7. The van der Waals surface area contributed by atoms with E-state index in [4.69, 9.17) is 27.9 Å². The van der Waals surface area contributed by atoms with Gasteiger partial charge in [-0.15, -0.1) is 0 Å². The molecule has 0 spiro atoms. The molecule has 0 saturated carbocycles. The van der Waals surface area contributed by atoms with E-state index >= 15 is 0 Å². The van der Waals surface area contributed by atoms with Crippen molar-refractivity contribution in [1.29, 1.82) is 0 Å². The van der Waals surface area contributed by atoms with Crippen LogP contribution in [0.5, 0.6) is 5.75 Å². The molecule has 2 aromatic carbocycles. The van der Waals surface area contributed by atoms with E-state index in [1.807, 2.05) is 31.2 Å². The van der Waals surface area contributed by atoms with Gasteiger partial charge in [0.25, 0.3) is 0 Å². The Morgan fingerprint density at radius 1 is 1.17 bits per heavy atom. The second kappa shape index (κ2) is 8.09. The van der Waals surface area contributed by atoms with Crippen LogP contribution in [0, 0.1) is 0 Å². The molecule has 122 valence electrons. The Hall–Kier alpha value is -1.91. The van der Waals surface area contributed by atoms with E-state index in [2.05, 4.69) is 10.6 Å². The molecule has 0 fully saturated rings. The van der Waals surface area contributed by atoms with Gasteiger partial charge < -0.3 is 15.4 Å². The van der Waals surface area contributed by atoms with Crippen molar-refractivity contribution in [3.63, 3.8) is 0 Å². The van der Waals surface area contributed by atoms with Crippen LogP contribution in [0.4, 0.5) is 11.4 Å². The summed E-state index contributed by atoms with van der Waals surface area (Å²) >= 11 is 12.0. The van der Waals surface area contributed by atoms with Crippen LogP contribution >= 0.6 is 23.2 Å². The number of hydrogen-bond acceptors (Lipinski definition) is 3. The molecule has 0 aliphatic heterocycles. The summed E-state index contributed by atoms with van der Waals surface area (Å²) in [7, 11) is 0. The Kier molecular flexibility index (Phi) is 6.13. The highest BCUT2D eigenvalue weighted by Crippen LogP contribution is 2.27. The van der Waals surface area contributed by atoms with Crippen molar-refractivity contribution in [3.8, 4) is 5.75 Å². The molecule has 0 bridgehead atoms. The Morgan fingerprint density at radius 3 is 2.65 bits per heavy atom. The minimum Gasteiger partial charge on any atom is -0.492 e. The summed E-state index contributed by atoms with van der Waals surface area (Å²) < 4.78 is 5.54. The van der Waals surface area contributed by atoms with Crippen molar-refractivity contribution in [2.24, 2.45) is 0 Å². The summed E-state index contributed by atoms with van der Waals surface area (Å²) in [5.74, 6) is 0.482. The lowest BCUT2D eigenvalue weighted by molar-refractivity contribution is -0.116. The Morgan fingerprint density at radius 2 is 1.91 bits per heavy atom. The molecule has 0 unspecified atom stereocenters. The quantitative estimate of drug-likeness (QED) is 0.782. The molecule has 4 nitrogen and oxygen atoms in total. The summed E-state index contributed by atoms with van der Waals surface area (Å²) in [5, 5.41) is 6.84. The van der Waals surface area contributed by atoms with Crippen molar-refractivity contribution in [2.75, 3.05) is 17.2 Å². The predicted octanol–water partition coefficient (Wildman–Crippen LogP) is 4.83. The number of benzene rings is 2. The van der Waals surface area contributed by atoms with Gasteiger partial charge in [0.15, 0.2) is 0 Å². The minimum absolute atomic E-state index is 0.222. The average Bonchev–Trinajstić information content (AvgIpc) is 2.53. The van der Waals surface area contributed by atoms with Crippen LogP contribution < -0.4 is 15.4 Å². The Labute approximate surface area is 145 Å². The second-order valence-corrected chi connectivity index (χ2v) is 5.75. The zero-order chi connectivity index (χ0) is 16.8. The molecule has 2 N–H and O–H groups in total. The summed E-state index contributed by atoms with van der Waals surface area (Å²) in [6.07, 6.45) is 0. The van der Waals surface area contributed by atoms with E-state index in [-0.39, 0.29) is 5.91 Å². The van der Waals surface area contributed by atoms with Gasteiger partial charge in [-0.3, -0.25) is 4.79 Å². The molecular weight excluding hydrogens is 335 g/mol. The lowest BCUT2D eigenvalue weighted by atomic mass is 10.2. The average molecular weight is 353 g/mol.